The van der Waals surface area contributed by atoms with E-state index in [-0.39, 0.29) is 11.7 Å². The first-order valence-electron chi connectivity index (χ1n) is 6.07. The van der Waals surface area contributed by atoms with Gasteiger partial charge < -0.3 is 9.80 Å². The zero-order chi connectivity index (χ0) is 14.6. The molecule has 0 aromatic heterocycles. The first-order chi connectivity index (χ1) is 8.82. The molecule has 1 aromatic carbocycles. The number of anilines is 1. The van der Waals surface area contributed by atoms with E-state index in [0.29, 0.717) is 5.56 Å². The third-order valence-corrected chi connectivity index (χ3v) is 2.85. The van der Waals surface area contributed by atoms with Crippen LogP contribution in [0.15, 0.2) is 30.5 Å². The average Bonchev–Trinajstić information content (AvgIpc) is 2.35. The minimum absolute atomic E-state index is 0.0588. The van der Waals surface area contributed by atoms with Crippen molar-refractivity contribution < 1.29 is 9.59 Å². The van der Waals surface area contributed by atoms with Crippen LogP contribution in [0.4, 0.5) is 5.69 Å². The molecule has 1 amide bonds. The van der Waals surface area contributed by atoms with Crippen molar-refractivity contribution in [1.29, 1.82) is 0 Å². The van der Waals surface area contributed by atoms with E-state index in [1.807, 2.05) is 27.1 Å². The summed E-state index contributed by atoms with van der Waals surface area (Å²) in [5.41, 5.74) is 2.30. The molecule has 0 fully saturated rings. The third-order valence-electron chi connectivity index (χ3n) is 2.85. The quantitative estimate of drug-likeness (QED) is 0.616. The fourth-order valence-corrected chi connectivity index (χ4v) is 1.61. The summed E-state index contributed by atoms with van der Waals surface area (Å²) in [7, 11) is 5.41. The van der Waals surface area contributed by atoms with Crippen molar-refractivity contribution in [3.63, 3.8) is 0 Å². The van der Waals surface area contributed by atoms with Crippen LogP contribution in [0.25, 0.3) is 0 Å². The lowest BCUT2D eigenvalue weighted by atomic mass is 10.1. The molecule has 0 bridgehead atoms. The van der Waals surface area contributed by atoms with Crippen LogP contribution in [0, 0.1) is 6.92 Å². The van der Waals surface area contributed by atoms with Gasteiger partial charge in [0, 0.05) is 51.6 Å². The van der Waals surface area contributed by atoms with Crippen molar-refractivity contribution in [2.45, 2.75) is 13.8 Å². The van der Waals surface area contributed by atoms with Crippen molar-refractivity contribution in [1.82, 2.24) is 4.90 Å². The number of carbonyl (C=O) groups excluding carboxylic acids is 2. The Morgan fingerprint density at radius 2 is 1.79 bits per heavy atom. The van der Waals surface area contributed by atoms with Crippen LogP contribution in [0.2, 0.25) is 0 Å². The zero-order valence-corrected chi connectivity index (χ0v) is 12.1. The summed E-state index contributed by atoms with van der Waals surface area (Å²) in [6.45, 7) is 3.42. The largest absolute Gasteiger partial charge is 0.383 e. The Balaban J connectivity index is 3.09. The highest BCUT2D eigenvalue weighted by atomic mass is 16.2. The van der Waals surface area contributed by atoms with E-state index >= 15 is 0 Å². The molecule has 0 aliphatic carbocycles. The zero-order valence-electron chi connectivity index (χ0n) is 12.1. The molecule has 0 radical (unpaired) electrons. The number of hydrogen-bond donors (Lipinski definition) is 0. The first kappa shape index (κ1) is 15.0. The van der Waals surface area contributed by atoms with Gasteiger partial charge in [-0.05, 0) is 18.6 Å². The second kappa shape index (κ2) is 6.18. The van der Waals surface area contributed by atoms with E-state index in [1.54, 1.807) is 35.2 Å². The van der Waals surface area contributed by atoms with Gasteiger partial charge >= 0.3 is 0 Å². The second-order valence-electron chi connectivity index (χ2n) is 4.72. The number of nitrogens with zero attached hydrogens (tertiary/aromatic N) is 2. The minimum atomic E-state index is -0.0769. The molecule has 19 heavy (non-hydrogen) atoms. The number of amides is 1. The molecule has 4 nitrogen and oxygen atoms in total. The molecular weight excluding hydrogens is 240 g/mol. The lowest BCUT2D eigenvalue weighted by Crippen LogP contribution is -2.23. The number of allylic oxidation sites excluding steroid dienone is 1. The van der Waals surface area contributed by atoms with Crippen LogP contribution in [-0.4, -0.2) is 37.7 Å². The molecule has 1 aromatic rings. The van der Waals surface area contributed by atoms with Crippen LogP contribution >= 0.6 is 0 Å². The van der Waals surface area contributed by atoms with Crippen molar-refractivity contribution >= 4 is 17.4 Å². The second-order valence-corrected chi connectivity index (χ2v) is 4.72. The highest BCUT2D eigenvalue weighted by molar-refractivity contribution is 6.05. The van der Waals surface area contributed by atoms with Gasteiger partial charge in [0.25, 0.3) is 0 Å². The number of benzene rings is 1. The van der Waals surface area contributed by atoms with E-state index in [1.165, 1.54) is 13.0 Å². The molecule has 1 rings (SSSR count). The Kier molecular flexibility index (Phi) is 4.87. The molecular formula is C15H20N2O2. The van der Waals surface area contributed by atoms with Crippen molar-refractivity contribution in [2.75, 3.05) is 26.0 Å². The molecule has 0 atom stereocenters. The van der Waals surface area contributed by atoms with Gasteiger partial charge in [-0.1, -0.05) is 12.1 Å². The summed E-state index contributed by atoms with van der Waals surface area (Å²) in [6.07, 6.45) is 3.22. The molecule has 0 saturated heterocycles. The van der Waals surface area contributed by atoms with E-state index in [9.17, 15) is 9.59 Å². The van der Waals surface area contributed by atoms with Crippen LogP contribution in [-0.2, 0) is 4.79 Å². The lowest BCUT2D eigenvalue weighted by Gasteiger charge is -2.18. The van der Waals surface area contributed by atoms with Crippen molar-refractivity contribution in [2.24, 2.45) is 0 Å². The Bertz CT molecular complexity index is 519. The van der Waals surface area contributed by atoms with Crippen LogP contribution in [0.5, 0.6) is 0 Å². The van der Waals surface area contributed by atoms with Gasteiger partial charge in [0.05, 0.1) is 0 Å². The number of aryl methyl sites for hydroxylation is 1. The predicted octanol–water partition coefficient (Wildman–Crippen LogP) is 2.24. The Morgan fingerprint density at radius 1 is 1.16 bits per heavy atom. The van der Waals surface area contributed by atoms with Gasteiger partial charge in [-0.15, -0.1) is 0 Å². The van der Waals surface area contributed by atoms with E-state index in [0.717, 1.165) is 11.3 Å². The Morgan fingerprint density at radius 3 is 2.32 bits per heavy atom. The summed E-state index contributed by atoms with van der Waals surface area (Å²) in [5.74, 6) is -0.136. The van der Waals surface area contributed by atoms with Gasteiger partial charge in [0.1, 0.15) is 0 Å². The van der Waals surface area contributed by atoms with Gasteiger partial charge in [-0.3, -0.25) is 9.59 Å². The van der Waals surface area contributed by atoms with Crippen molar-refractivity contribution in [3.05, 3.63) is 41.6 Å². The number of hydrogen-bond acceptors (Lipinski definition) is 3. The maximum atomic E-state index is 12.0. The summed E-state index contributed by atoms with van der Waals surface area (Å²) in [5, 5.41) is 0. The number of rotatable bonds is 4. The predicted molar refractivity (Wildman–Crippen MR) is 77.4 cm³/mol. The van der Waals surface area contributed by atoms with Gasteiger partial charge in [-0.2, -0.15) is 0 Å². The smallest absolute Gasteiger partial charge is 0.223 e. The standard InChI is InChI=1S/C15H20N2O2/c1-11-6-7-13(15(19)8-9-16(3)4)10-14(11)17(5)12(2)18/h6-10H,1-5H3. The molecule has 0 aliphatic rings. The van der Waals surface area contributed by atoms with E-state index in [2.05, 4.69) is 0 Å². The normalized spacial score (nSPS) is 10.6. The van der Waals surface area contributed by atoms with E-state index < -0.39 is 0 Å². The first-order valence-corrected chi connectivity index (χ1v) is 6.07. The lowest BCUT2D eigenvalue weighted by molar-refractivity contribution is -0.116. The summed E-state index contributed by atoms with van der Waals surface area (Å²) < 4.78 is 0. The average molecular weight is 260 g/mol. The fourth-order valence-electron chi connectivity index (χ4n) is 1.61. The third kappa shape index (κ3) is 3.95. The number of carbonyl (C=O) groups is 2. The Hall–Kier alpha value is -2.10. The Labute approximate surface area is 114 Å². The highest BCUT2D eigenvalue weighted by Crippen LogP contribution is 2.21. The van der Waals surface area contributed by atoms with Crippen LogP contribution in [0.3, 0.4) is 0 Å². The molecule has 0 unspecified atom stereocenters. The molecule has 102 valence electrons. The van der Waals surface area contributed by atoms with Crippen molar-refractivity contribution in [3.8, 4) is 0 Å². The summed E-state index contributed by atoms with van der Waals surface area (Å²) in [6, 6.07) is 5.37. The maximum Gasteiger partial charge on any atom is 0.223 e. The monoisotopic (exact) mass is 260 g/mol. The molecule has 0 spiro atoms. The molecule has 0 aliphatic heterocycles. The highest BCUT2D eigenvalue weighted by Gasteiger charge is 2.11. The topological polar surface area (TPSA) is 40.6 Å². The van der Waals surface area contributed by atoms with Gasteiger partial charge in [-0.25, -0.2) is 0 Å². The van der Waals surface area contributed by atoms with Gasteiger partial charge in [0.15, 0.2) is 5.78 Å². The molecule has 0 N–H and O–H groups in total. The SMILES string of the molecule is CC(=O)N(C)c1cc(C(=O)C=CN(C)C)ccc1C. The number of ketones is 1. The van der Waals surface area contributed by atoms with Crippen LogP contribution in [0.1, 0.15) is 22.8 Å². The summed E-state index contributed by atoms with van der Waals surface area (Å²) in [4.78, 5) is 26.7. The molecule has 4 heteroatoms. The fraction of sp³-hybridized carbons (Fsp3) is 0.333. The van der Waals surface area contributed by atoms with Gasteiger partial charge in [0.2, 0.25) is 5.91 Å². The minimum Gasteiger partial charge on any atom is -0.383 e. The van der Waals surface area contributed by atoms with E-state index in [4.69, 9.17) is 0 Å². The molecule has 0 saturated carbocycles. The molecule has 0 heterocycles. The van der Waals surface area contributed by atoms with Crippen LogP contribution < -0.4 is 4.90 Å². The summed E-state index contributed by atoms with van der Waals surface area (Å²) >= 11 is 0. The maximum absolute atomic E-state index is 12.0.